The van der Waals surface area contributed by atoms with Crippen LogP contribution in [0.1, 0.15) is 200 Å². The van der Waals surface area contributed by atoms with E-state index in [0.717, 1.165) is 19.3 Å². The summed E-state index contributed by atoms with van der Waals surface area (Å²) in [4.78, 5) is 8.48. The van der Waals surface area contributed by atoms with Gasteiger partial charge in [-0.2, -0.15) is 0 Å². The summed E-state index contributed by atoms with van der Waals surface area (Å²) in [5, 5.41) is 2.67. The number of benzene rings is 8. The molecule has 1 fully saturated rings. The van der Waals surface area contributed by atoms with Gasteiger partial charge in [0, 0.05) is 71.1 Å². The summed E-state index contributed by atoms with van der Waals surface area (Å²) >= 11 is 1.92. The van der Waals surface area contributed by atoms with Gasteiger partial charge in [0.2, 0.25) is 0 Å². The number of rotatable bonds is 4. The summed E-state index contributed by atoms with van der Waals surface area (Å²) in [6.45, 7) is 35.5. The Morgan fingerprint density at radius 3 is 1.44 bits per heavy atom. The Morgan fingerprint density at radius 1 is 0.341 bits per heavy atom. The standard InChI is InChI=1S/C80H86BN3S/c1-73(2)34-35-74(3,4)57-42-52(27-29-56(57)73)83-67-48-61-59(76(7,8)37-39-78(61,11)12)46-64(67)81-63-45-58-60(77(9,10)38-36-75(58,5)6)47-66(63)82(51-28-31-71-55(41-51)54-24-18-19-25-70(54)85-71)68-43-53(44-69(83)72(68)81)84-65-30-26-50(49-22-16-15-17-23-49)40-62(65)79(13)32-20-21-33-80(79,84)14/h15-19,22-31,40-48H,20-21,32-39H2,1-14H3. The molecule has 7 aliphatic rings. The van der Waals surface area contributed by atoms with E-state index in [1.54, 1.807) is 0 Å². The fourth-order valence-electron chi connectivity index (χ4n) is 18.3. The predicted molar refractivity (Wildman–Crippen MR) is 367 cm³/mol. The molecule has 430 valence electrons. The van der Waals surface area contributed by atoms with Crippen molar-refractivity contribution in [2.45, 2.75) is 205 Å². The van der Waals surface area contributed by atoms with Crippen LogP contribution in [0.3, 0.4) is 0 Å². The van der Waals surface area contributed by atoms with Gasteiger partial charge in [-0.05, 0) is 230 Å². The first-order valence-electron chi connectivity index (χ1n) is 32.5. The lowest BCUT2D eigenvalue weighted by Gasteiger charge is -2.52. The Bertz CT molecular complexity index is 4340. The maximum absolute atomic E-state index is 2.88. The summed E-state index contributed by atoms with van der Waals surface area (Å²) in [5.74, 6) is 0. The number of hydrogen-bond donors (Lipinski definition) is 0. The number of fused-ring (bicyclic) bond motifs is 13. The van der Waals surface area contributed by atoms with E-state index in [0.29, 0.717) is 0 Å². The summed E-state index contributed by atoms with van der Waals surface area (Å²) in [6, 6.07) is 59.3. The molecule has 3 nitrogen and oxygen atoms in total. The highest BCUT2D eigenvalue weighted by molar-refractivity contribution is 7.25. The number of hydrogen-bond acceptors (Lipinski definition) is 4. The Morgan fingerprint density at radius 2 is 0.835 bits per heavy atom. The van der Waals surface area contributed by atoms with Gasteiger partial charge >= 0.3 is 0 Å². The fraction of sp³-hybridized carbons (Fsp3) is 0.400. The van der Waals surface area contributed by atoms with E-state index < -0.39 is 0 Å². The van der Waals surface area contributed by atoms with Crippen LogP contribution in [0.25, 0.3) is 31.3 Å². The molecular formula is C80H86BN3S. The smallest absolute Gasteiger partial charge is 0.252 e. The molecule has 2 unspecified atom stereocenters. The molecule has 8 aromatic carbocycles. The lowest BCUT2D eigenvalue weighted by Crippen LogP contribution is -2.62. The second-order valence-electron chi connectivity index (χ2n) is 32.0. The first-order chi connectivity index (χ1) is 40.3. The van der Waals surface area contributed by atoms with Crippen LogP contribution >= 0.6 is 11.3 Å². The van der Waals surface area contributed by atoms with Crippen LogP contribution in [-0.4, -0.2) is 12.3 Å². The molecule has 0 saturated heterocycles. The first kappa shape index (κ1) is 53.9. The minimum atomic E-state index is -0.183. The molecule has 0 radical (unpaired) electrons. The first-order valence-corrected chi connectivity index (χ1v) is 33.3. The summed E-state index contributed by atoms with van der Waals surface area (Å²) in [7, 11) is 0. The molecule has 5 heteroatoms. The molecule has 3 aliphatic heterocycles. The van der Waals surface area contributed by atoms with Gasteiger partial charge in [0.1, 0.15) is 0 Å². The molecule has 9 aromatic rings. The molecule has 0 spiro atoms. The van der Waals surface area contributed by atoms with E-state index in [9.17, 15) is 0 Å². The lowest BCUT2D eigenvalue weighted by atomic mass is 9.32. The fourth-order valence-corrected chi connectivity index (χ4v) is 19.4. The maximum Gasteiger partial charge on any atom is 0.252 e. The quantitative estimate of drug-likeness (QED) is 0.163. The average molecular weight is 1130 g/mol. The van der Waals surface area contributed by atoms with Gasteiger partial charge in [-0.1, -0.05) is 176 Å². The molecule has 4 heterocycles. The van der Waals surface area contributed by atoms with Gasteiger partial charge in [-0.25, -0.2) is 0 Å². The zero-order valence-electron chi connectivity index (χ0n) is 53.3. The van der Waals surface area contributed by atoms with Crippen LogP contribution < -0.4 is 31.1 Å². The molecule has 0 bridgehead atoms. The monoisotopic (exact) mass is 1130 g/mol. The van der Waals surface area contributed by atoms with Crippen molar-refractivity contribution >= 4 is 100 Å². The third-order valence-corrected chi connectivity index (χ3v) is 25.3. The van der Waals surface area contributed by atoms with E-state index in [4.69, 9.17) is 0 Å². The SMILES string of the molecule is CC1(C)CCC(C)(C)c2cc(N3c4cc5c(cc4B4c6cc7c(cc6N(c6ccc8sc9ccccc9c8c6)c6cc(N8c9ccc(-c%10ccccc%10)cc9C9(C)CCCCC89C)cc3c64)C(C)(C)CCC7(C)C)C(C)(C)CCC5(C)C)ccc21. The van der Waals surface area contributed by atoms with Gasteiger partial charge in [-0.15, -0.1) is 11.3 Å². The molecule has 0 amide bonds. The van der Waals surface area contributed by atoms with Crippen LogP contribution in [0, 0.1) is 0 Å². The van der Waals surface area contributed by atoms with Crippen LogP contribution in [-0.2, 0) is 37.9 Å². The van der Waals surface area contributed by atoms with Gasteiger partial charge < -0.3 is 14.7 Å². The lowest BCUT2D eigenvalue weighted by molar-refractivity contribution is 0.195. The van der Waals surface area contributed by atoms with E-state index in [2.05, 4.69) is 257 Å². The molecular weight excluding hydrogens is 1050 g/mol. The average Bonchev–Trinajstić information content (AvgIpc) is 1.57. The molecule has 1 aromatic heterocycles. The molecule has 1 saturated carbocycles. The number of anilines is 8. The molecule has 16 rings (SSSR count). The Hall–Kier alpha value is -6.56. The van der Waals surface area contributed by atoms with E-state index in [1.165, 1.54) is 177 Å². The summed E-state index contributed by atoms with van der Waals surface area (Å²) in [6.07, 6.45) is 11.8. The van der Waals surface area contributed by atoms with Gasteiger partial charge in [-0.3, -0.25) is 0 Å². The Balaban J connectivity index is 1.06. The highest BCUT2D eigenvalue weighted by Crippen LogP contribution is 2.63. The predicted octanol–water partition coefficient (Wildman–Crippen LogP) is 20.6. The number of nitrogens with zero attached hydrogens (tertiary/aromatic N) is 3. The van der Waals surface area contributed by atoms with Crippen LogP contribution in [0.4, 0.5) is 45.5 Å². The zero-order chi connectivity index (χ0) is 58.9. The highest BCUT2D eigenvalue weighted by Gasteiger charge is 2.59. The molecule has 0 N–H and O–H groups in total. The molecule has 4 aliphatic carbocycles. The van der Waals surface area contributed by atoms with E-state index in [-0.39, 0.29) is 50.2 Å². The van der Waals surface area contributed by atoms with Crippen molar-refractivity contribution in [1.82, 2.24) is 0 Å². The second kappa shape index (κ2) is 17.6. The van der Waals surface area contributed by atoms with Crippen molar-refractivity contribution in [1.29, 1.82) is 0 Å². The largest absolute Gasteiger partial charge is 0.334 e. The van der Waals surface area contributed by atoms with Crippen LogP contribution in [0.2, 0.25) is 0 Å². The van der Waals surface area contributed by atoms with Crippen molar-refractivity contribution in [2.75, 3.05) is 14.7 Å². The Labute approximate surface area is 512 Å². The van der Waals surface area contributed by atoms with Crippen LogP contribution in [0.5, 0.6) is 0 Å². The third kappa shape index (κ3) is 7.50. The van der Waals surface area contributed by atoms with E-state index in [1.807, 2.05) is 11.3 Å². The molecule has 2 atom stereocenters. The molecule has 85 heavy (non-hydrogen) atoms. The summed E-state index contributed by atoms with van der Waals surface area (Å²) < 4.78 is 2.68. The van der Waals surface area contributed by atoms with Crippen molar-refractivity contribution < 1.29 is 0 Å². The zero-order valence-corrected chi connectivity index (χ0v) is 54.1. The maximum atomic E-state index is 2.88. The number of thiophene rings is 1. The normalized spacial score (nSPS) is 23.7. The minimum absolute atomic E-state index is 0.00892. The topological polar surface area (TPSA) is 9.72 Å². The van der Waals surface area contributed by atoms with Gasteiger partial charge in [0.05, 0.1) is 5.54 Å². The van der Waals surface area contributed by atoms with Crippen LogP contribution in [0.15, 0.2) is 146 Å². The Kier molecular flexibility index (Phi) is 11.1. The van der Waals surface area contributed by atoms with Crippen molar-refractivity contribution in [3.8, 4) is 11.1 Å². The third-order valence-electron chi connectivity index (χ3n) is 24.2. The van der Waals surface area contributed by atoms with Gasteiger partial charge in [0.25, 0.3) is 6.71 Å². The second-order valence-corrected chi connectivity index (χ2v) is 33.1. The van der Waals surface area contributed by atoms with E-state index >= 15 is 0 Å². The highest BCUT2D eigenvalue weighted by atomic mass is 32.1. The summed E-state index contributed by atoms with van der Waals surface area (Å²) in [5.41, 5.74) is 27.9. The van der Waals surface area contributed by atoms with Crippen molar-refractivity contribution in [2.24, 2.45) is 0 Å². The van der Waals surface area contributed by atoms with Crippen molar-refractivity contribution in [3.63, 3.8) is 0 Å². The van der Waals surface area contributed by atoms with Gasteiger partial charge in [0.15, 0.2) is 0 Å². The minimum Gasteiger partial charge on any atom is -0.334 e. The van der Waals surface area contributed by atoms with Crippen molar-refractivity contribution in [3.05, 3.63) is 185 Å².